The first-order chi connectivity index (χ1) is 4.33. The Bertz CT molecular complexity index is 151. The van der Waals surface area contributed by atoms with Crippen LogP contribution in [0.3, 0.4) is 0 Å². The molecule has 0 saturated heterocycles. The second-order valence-corrected chi connectivity index (χ2v) is 2.09. The molecule has 50 valence electrons. The van der Waals surface area contributed by atoms with Gasteiger partial charge in [-0.05, 0) is 6.42 Å². The molecule has 0 fully saturated rings. The number of rotatable bonds is 2. The maximum Gasteiger partial charge on any atom is 0.341 e. The second-order valence-electron chi connectivity index (χ2n) is 2.09. The SMILES string of the molecule is CCCC1=NC(=O)NC1. The van der Waals surface area contributed by atoms with Crippen molar-refractivity contribution in [1.29, 1.82) is 0 Å². The van der Waals surface area contributed by atoms with Gasteiger partial charge in [0.2, 0.25) is 0 Å². The summed E-state index contributed by atoms with van der Waals surface area (Å²) in [7, 11) is 0. The number of carbonyl (C=O) groups excluding carboxylic acids is 1. The highest BCUT2D eigenvalue weighted by atomic mass is 16.2. The minimum atomic E-state index is -0.182. The minimum absolute atomic E-state index is 0.182. The van der Waals surface area contributed by atoms with Crippen molar-refractivity contribution in [2.45, 2.75) is 19.8 Å². The van der Waals surface area contributed by atoms with Crippen molar-refractivity contribution in [2.75, 3.05) is 6.54 Å². The Hall–Kier alpha value is -0.860. The molecule has 1 rings (SSSR count). The average Bonchev–Trinajstić information content (AvgIpc) is 2.17. The number of aliphatic imine (C=N–C) groups is 1. The van der Waals surface area contributed by atoms with Gasteiger partial charge in [0, 0.05) is 5.71 Å². The second kappa shape index (κ2) is 2.62. The van der Waals surface area contributed by atoms with Crippen molar-refractivity contribution >= 4 is 11.7 Å². The number of amides is 2. The number of nitrogens with one attached hydrogen (secondary N) is 1. The van der Waals surface area contributed by atoms with Crippen LogP contribution >= 0.6 is 0 Å². The maximum atomic E-state index is 10.4. The maximum absolute atomic E-state index is 10.4. The quantitative estimate of drug-likeness (QED) is 0.588. The lowest BCUT2D eigenvalue weighted by Gasteiger charge is -1.90. The molecule has 0 aromatic carbocycles. The van der Waals surface area contributed by atoms with Crippen LogP contribution in [0.1, 0.15) is 19.8 Å². The summed E-state index contributed by atoms with van der Waals surface area (Å²) in [6, 6.07) is -0.182. The van der Waals surface area contributed by atoms with Crippen LogP contribution < -0.4 is 5.32 Å². The molecule has 2 amide bonds. The third-order valence-corrected chi connectivity index (χ3v) is 1.24. The van der Waals surface area contributed by atoms with E-state index in [1.807, 2.05) is 0 Å². The predicted molar refractivity (Wildman–Crippen MR) is 35.7 cm³/mol. The molecule has 3 nitrogen and oxygen atoms in total. The lowest BCUT2D eigenvalue weighted by Crippen LogP contribution is -2.16. The summed E-state index contributed by atoms with van der Waals surface area (Å²) in [4.78, 5) is 14.2. The summed E-state index contributed by atoms with van der Waals surface area (Å²) in [5.41, 5.74) is 0.988. The smallest absolute Gasteiger partial charge is 0.331 e. The fraction of sp³-hybridized carbons (Fsp3) is 0.667. The molecule has 0 spiro atoms. The third-order valence-electron chi connectivity index (χ3n) is 1.24. The van der Waals surface area contributed by atoms with E-state index in [0.717, 1.165) is 18.6 Å². The largest absolute Gasteiger partial charge is 0.341 e. The van der Waals surface area contributed by atoms with Gasteiger partial charge in [0.25, 0.3) is 0 Å². The molecule has 1 heterocycles. The van der Waals surface area contributed by atoms with E-state index < -0.39 is 0 Å². The van der Waals surface area contributed by atoms with Crippen molar-refractivity contribution in [3.8, 4) is 0 Å². The molecule has 0 unspecified atom stereocenters. The highest BCUT2D eigenvalue weighted by molar-refractivity contribution is 6.02. The monoisotopic (exact) mass is 126 g/mol. The number of urea groups is 1. The summed E-state index contributed by atoms with van der Waals surface area (Å²) in [5.74, 6) is 0. The molecule has 0 saturated carbocycles. The van der Waals surface area contributed by atoms with E-state index in [1.165, 1.54) is 0 Å². The fourth-order valence-corrected chi connectivity index (χ4v) is 0.833. The van der Waals surface area contributed by atoms with E-state index in [1.54, 1.807) is 0 Å². The van der Waals surface area contributed by atoms with Gasteiger partial charge in [-0.15, -0.1) is 0 Å². The first-order valence-electron chi connectivity index (χ1n) is 3.17. The van der Waals surface area contributed by atoms with Crippen molar-refractivity contribution in [3.05, 3.63) is 0 Å². The van der Waals surface area contributed by atoms with Gasteiger partial charge < -0.3 is 5.32 Å². The van der Waals surface area contributed by atoms with Gasteiger partial charge in [0.1, 0.15) is 0 Å². The lowest BCUT2D eigenvalue weighted by molar-refractivity contribution is 0.252. The Labute approximate surface area is 54.2 Å². The minimum Gasteiger partial charge on any atom is -0.331 e. The molecule has 3 heteroatoms. The van der Waals surface area contributed by atoms with E-state index in [2.05, 4.69) is 17.2 Å². The van der Waals surface area contributed by atoms with Crippen molar-refractivity contribution in [3.63, 3.8) is 0 Å². The molecule has 1 N–H and O–H groups in total. The highest BCUT2D eigenvalue weighted by Gasteiger charge is 2.09. The molecule has 1 aliphatic rings. The molecule has 9 heavy (non-hydrogen) atoms. The average molecular weight is 126 g/mol. The van der Waals surface area contributed by atoms with Gasteiger partial charge in [0.15, 0.2) is 0 Å². The molecule has 0 aromatic heterocycles. The summed E-state index contributed by atoms with van der Waals surface area (Å²) < 4.78 is 0. The van der Waals surface area contributed by atoms with Crippen LogP contribution in [0.5, 0.6) is 0 Å². The Kier molecular flexibility index (Phi) is 1.82. The standard InChI is InChI=1S/C6H10N2O/c1-2-3-5-4-7-6(9)8-5/h2-4H2,1H3,(H,7,9). The van der Waals surface area contributed by atoms with Crippen molar-refractivity contribution in [2.24, 2.45) is 4.99 Å². The number of carbonyl (C=O) groups is 1. The fourth-order valence-electron chi connectivity index (χ4n) is 0.833. The van der Waals surface area contributed by atoms with Crippen LogP contribution in [0.2, 0.25) is 0 Å². The summed E-state index contributed by atoms with van der Waals surface area (Å²) in [5, 5.41) is 2.61. The molecular weight excluding hydrogens is 116 g/mol. The molecule has 1 aliphatic heterocycles. The van der Waals surface area contributed by atoms with Gasteiger partial charge in [-0.3, -0.25) is 0 Å². The van der Waals surface area contributed by atoms with E-state index in [-0.39, 0.29) is 6.03 Å². The summed E-state index contributed by atoms with van der Waals surface area (Å²) in [6.07, 6.45) is 2.01. The van der Waals surface area contributed by atoms with E-state index in [4.69, 9.17) is 0 Å². The zero-order valence-corrected chi connectivity index (χ0v) is 5.48. The Morgan fingerprint density at radius 2 is 2.56 bits per heavy atom. The van der Waals surface area contributed by atoms with Crippen molar-refractivity contribution in [1.82, 2.24) is 5.32 Å². The molecule has 0 bridgehead atoms. The molecule has 0 atom stereocenters. The van der Waals surface area contributed by atoms with Gasteiger partial charge in [-0.2, -0.15) is 0 Å². The normalized spacial score (nSPS) is 17.4. The van der Waals surface area contributed by atoms with Gasteiger partial charge in [-0.1, -0.05) is 13.3 Å². The molecular formula is C6H10N2O. The first kappa shape index (κ1) is 6.26. The van der Waals surface area contributed by atoms with Gasteiger partial charge >= 0.3 is 6.03 Å². The van der Waals surface area contributed by atoms with Crippen LogP contribution in [0, 0.1) is 0 Å². The molecule has 0 radical (unpaired) electrons. The lowest BCUT2D eigenvalue weighted by atomic mass is 10.2. The van der Waals surface area contributed by atoms with E-state index >= 15 is 0 Å². The van der Waals surface area contributed by atoms with Gasteiger partial charge in [0.05, 0.1) is 6.54 Å². The van der Waals surface area contributed by atoms with Gasteiger partial charge in [-0.25, -0.2) is 9.79 Å². The van der Waals surface area contributed by atoms with Crippen molar-refractivity contribution < 1.29 is 4.79 Å². The number of hydrogen-bond donors (Lipinski definition) is 1. The Morgan fingerprint density at radius 1 is 1.78 bits per heavy atom. The van der Waals surface area contributed by atoms with E-state index in [0.29, 0.717) is 6.54 Å². The number of nitrogens with zero attached hydrogens (tertiary/aromatic N) is 1. The van der Waals surface area contributed by atoms with Crippen LogP contribution in [0.25, 0.3) is 0 Å². The zero-order valence-electron chi connectivity index (χ0n) is 5.48. The number of hydrogen-bond acceptors (Lipinski definition) is 1. The molecule has 0 aliphatic carbocycles. The topological polar surface area (TPSA) is 41.5 Å². The Balaban J connectivity index is 2.42. The highest BCUT2D eigenvalue weighted by Crippen LogP contribution is 1.96. The van der Waals surface area contributed by atoms with Crippen LogP contribution in [0.4, 0.5) is 4.79 Å². The Morgan fingerprint density at radius 3 is 3.00 bits per heavy atom. The van der Waals surface area contributed by atoms with Crippen LogP contribution in [0.15, 0.2) is 4.99 Å². The predicted octanol–water partition coefficient (Wildman–Crippen LogP) is 0.951. The van der Waals surface area contributed by atoms with E-state index in [9.17, 15) is 4.79 Å². The molecule has 0 aromatic rings. The third kappa shape index (κ3) is 1.52. The summed E-state index contributed by atoms with van der Waals surface area (Å²) in [6.45, 7) is 2.73. The summed E-state index contributed by atoms with van der Waals surface area (Å²) >= 11 is 0. The van der Waals surface area contributed by atoms with Crippen LogP contribution in [-0.2, 0) is 0 Å². The van der Waals surface area contributed by atoms with Crippen LogP contribution in [-0.4, -0.2) is 18.3 Å². The first-order valence-corrected chi connectivity index (χ1v) is 3.17. The zero-order chi connectivity index (χ0) is 6.69.